The highest BCUT2D eigenvalue weighted by atomic mass is 16.4. The van der Waals surface area contributed by atoms with Crippen LogP contribution >= 0.6 is 0 Å². The second-order valence-electron chi connectivity index (χ2n) is 4.21. The second-order valence-corrected chi connectivity index (χ2v) is 4.21. The fourth-order valence-corrected chi connectivity index (χ4v) is 1.82. The van der Waals surface area contributed by atoms with E-state index in [0.717, 1.165) is 12.1 Å². The van der Waals surface area contributed by atoms with E-state index in [0.29, 0.717) is 23.4 Å². The second kappa shape index (κ2) is 6.01. The fourth-order valence-electron chi connectivity index (χ4n) is 1.82. The van der Waals surface area contributed by atoms with Gasteiger partial charge in [0.2, 0.25) is 0 Å². The minimum atomic E-state index is -0.909. The molecule has 0 bridgehead atoms. The molecule has 0 spiro atoms. The first-order chi connectivity index (χ1) is 8.49. The number of aromatic nitrogens is 1. The first-order valence-corrected chi connectivity index (χ1v) is 5.87. The van der Waals surface area contributed by atoms with Crippen molar-refractivity contribution in [2.45, 2.75) is 39.7 Å². The molecule has 0 saturated carbocycles. The number of aryl methyl sites for hydroxylation is 2. The number of aliphatic carboxylic acids is 1. The molecule has 1 atom stereocenters. The molecule has 2 N–H and O–H groups in total. The van der Waals surface area contributed by atoms with Gasteiger partial charge >= 0.3 is 5.97 Å². The van der Waals surface area contributed by atoms with E-state index in [-0.39, 0.29) is 0 Å². The summed E-state index contributed by atoms with van der Waals surface area (Å²) in [5.41, 5.74) is 2.32. The van der Waals surface area contributed by atoms with Crippen LogP contribution in [0.3, 0.4) is 0 Å². The van der Waals surface area contributed by atoms with Gasteiger partial charge in [0.25, 0.3) is 0 Å². The molecule has 1 aromatic rings. The Morgan fingerprint density at radius 1 is 1.61 bits per heavy atom. The lowest BCUT2D eigenvalue weighted by molar-refractivity contribution is -0.138. The van der Waals surface area contributed by atoms with Gasteiger partial charge in [-0.25, -0.2) is 4.79 Å². The van der Waals surface area contributed by atoms with Crippen molar-refractivity contribution in [1.29, 1.82) is 5.26 Å². The molecule has 5 heteroatoms. The van der Waals surface area contributed by atoms with E-state index in [2.05, 4.69) is 16.4 Å². The number of pyridine rings is 1. The summed E-state index contributed by atoms with van der Waals surface area (Å²) in [7, 11) is 0. The van der Waals surface area contributed by atoms with Gasteiger partial charge in [0.1, 0.15) is 12.1 Å². The maximum absolute atomic E-state index is 11.1. The van der Waals surface area contributed by atoms with Crippen LogP contribution in [0.2, 0.25) is 0 Å². The zero-order chi connectivity index (χ0) is 13.7. The number of carboxylic acid groups (broad SMARTS) is 1. The van der Waals surface area contributed by atoms with Crippen molar-refractivity contribution in [2.24, 2.45) is 0 Å². The van der Waals surface area contributed by atoms with Crippen molar-refractivity contribution in [1.82, 2.24) is 4.98 Å². The molecule has 0 aliphatic carbocycles. The Hall–Kier alpha value is -2.09. The molecule has 0 aliphatic rings. The van der Waals surface area contributed by atoms with Gasteiger partial charge in [-0.15, -0.1) is 0 Å². The highest BCUT2D eigenvalue weighted by molar-refractivity contribution is 5.78. The average molecular weight is 247 g/mol. The summed E-state index contributed by atoms with van der Waals surface area (Å²) in [4.78, 5) is 15.3. The first-order valence-electron chi connectivity index (χ1n) is 5.87. The number of carboxylic acids is 1. The van der Waals surface area contributed by atoms with Crippen LogP contribution in [0.4, 0.5) is 5.69 Å². The molecule has 96 valence electrons. The molecule has 0 aliphatic heterocycles. The van der Waals surface area contributed by atoms with Gasteiger partial charge in [-0.1, -0.05) is 13.3 Å². The molecule has 0 fully saturated rings. The zero-order valence-electron chi connectivity index (χ0n) is 10.8. The minimum Gasteiger partial charge on any atom is -0.480 e. The molecule has 1 aromatic heterocycles. The van der Waals surface area contributed by atoms with Crippen molar-refractivity contribution >= 4 is 11.7 Å². The largest absolute Gasteiger partial charge is 0.480 e. The molecular formula is C13H17N3O2. The smallest absolute Gasteiger partial charge is 0.326 e. The third kappa shape index (κ3) is 3.20. The number of hydrogen-bond donors (Lipinski definition) is 2. The molecule has 5 nitrogen and oxygen atoms in total. The van der Waals surface area contributed by atoms with E-state index in [1.54, 1.807) is 13.0 Å². The summed E-state index contributed by atoms with van der Waals surface area (Å²) in [5, 5.41) is 21.1. The number of nitrogens with zero attached hydrogens (tertiary/aromatic N) is 2. The molecule has 0 aromatic carbocycles. The molecule has 1 rings (SSSR count). The van der Waals surface area contributed by atoms with Crippen LogP contribution in [0, 0.1) is 25.2 Å². The molecule has 0 radical (unpaired) electrons. The zero-order valence-corrected chi connectivity index (χ0v) is 10.8. The fraction of sp³-hybridized carbons (Fsp3) is 0.462. The number of rotatable bonds is 5. The Morgan fingerprint density at radius 3 is 2.78 bits per heavy atom. The molecule has 0 amide bonds. The molecular weight excluding hydrogens is 230 g/mol. The third-order valence-corrected chi connectivity index (χ3v) is 2.65. The third-order valence-electron chi connectivity index (χ3n) is 2.65. The lowest BCUT2D eigenvalue weighted by Gasteiger charge is -2.17. The molecule has 0 saturated heterocycles. The monoisotopic (exact) mass is 247 g/mol. The van der Waals surface area contributed by atoms with E-state index in [1.807, 2.05) is 13.8 Å². The average Bonchev–Trinajstić information content (AvgIpc) is 2.27. The minimum absolute atomic E-state index is 0.406. The maximum Gasteiger partial charge on any atom is 0.326 e. The summed E-state index contributed by atoms with van der Waals surface area (Å²) in [5.74, 6) is -0.909. The van der Waals surface area contributed by atoms with E-state index < -0.39 is 12.0 Å². The van der Waals surface area contributed by atoms with E-state index in [9.17, 15) is 4.79 Å². The van der Waals surface area contributed by atoms with Gasteiger partial charge in [0.05, 0.1) is 16.9 Å². The van der Waals surface area contributed by atoms with Crippen molar-refractivity contribution in [2.75, 3.05) is 5.32 Å². The number of nitrogens with one attached hydrogen (secondary N) is 1. The van der Waals surface area contributed by atoms with Gasteiger partial charge < -0.3 is 10.4 Å². The first kappa shape index (κ1) is 14.0. The summed E-state index contributed by atoms with van der Waals surface area (Å²) < 4.78 is 0. The standard InChI is InChI=1S/C13H17N3O2/c1-4-5-11(13(17)18)16-12-6-8(2)15-9(3)10(12)7-14/h6,11H,4-5H2,1-3H3,(H,15,16)(H,17,18). The van der Waals surface area contributed by atoms with Crippen molar-refractivity contribution in [3.63, 3.8) is 0 Å². The SMILES string of the molecule is CCCC(Nc1cc(C)nc(C)c1C#N)C(=O)O. The molecule has 1 unspecified atom stereocenters. The number of hydrogen-bond acceptors (Lipinski definition) is 4. The van der Waals surface area contributed by atoms with Crippen LogP contribution in [-0.2, 0) is 4.79 Å². The molecule has 1 heterocycles. The highest BCUT2D eigenvalue weighted by Gasteiger charge is 2.18. The van der Waals surface area contributed by atoms with E-state index in [1.165, 1.54) is 0 Å². The van der Waals surface area contributed by atoms with E-state index in [4.69, 9.17) is 10.4 Å². The Morgan fingerprint density at radius 2 is 2.28 bits per heavy atom. The van der Waals surface area contributed by atoms with Crippen LogP contribution in [-0.4, -0.2) is 22.1 Å². The van der Waals surface area contributed by atoms with Crippen LogP contribution in [0.5, 0.6) is 0 Å². The number of carbonyl (C=O) groups is 1. The normalized spacial score (nSPS) is 11.7. The van der Waals surface area contributed by atoms with Crippen LogP contribution in [0.25, 0.3) is 0 Å². The van der Waals surface area contributed by atoms with Crippen LogP contribution < -0.4 is 5.32 Å². The highest BCUT2D eigenvalue weighted by Crippen LogP contribution is 2.20. The Labute approximate surface area is 106 Å². The van der Waals surface area contributed by atoms with Gasteiger partial charge in [-0.05, 0) is 26.3 Å². The van der Waals surface area contributed by atoms with Gasteiger partial charge in [0.15, 0.2) is 0 Å². The van der Waals surface area contributed by atoms with Crippen molar-refractivity contribution in [3.8, 4) is 6.07 Å². The van der Waals surface area contributed by atoms with Crippen LogP contribution in [0.1, 0.15) is 36.7 Å². The Kier molecular flexibility index (Phi) is 4.67. The molecule has 18 heavy (non-hydrogen) atoms. The van der Waals surface area contributed by atoms with Crippen LogP contribution in [0.15, 0.2) is 6.07 Å². The maximum atomic E-state index is 11.1. The van der Waals surface area contributed by atoms with E-state index >= 15 is 0 Å². The summed E-state index contributed by atoms with van der Waals surface area (Å²) in [6, 6.07) is 3.09. The summed E-state index contributed by atoms with van der Waals surface area (Å²) >= 11 is 0. The lowest BCUT2D eigenvalue weighted by Crippen LogP contribution is -2.29. The topological polar surface area (TPSA) is 86.0 Å². The predicted octanol–water partition coefficient (Wildman–Crippen LogP) is 2.24. The van der Waals surface area contributed by atoms with Crippen molar-refractivity contribution in [3.05, 3.63) is 23.0 Å². The summed E-state index contributed by atoms with van der Waals surface area (Å²) in [6.45, 7) is 5.48. The van der Waals surface area contributed by atoms with Gasteiger partial charge in [-0.3, -0.25) is 4.98 Å². The van der Waals surface area contributed by atoms with Gasteiger partial charge in [0, 0.05) is 5.69 Å². The Balaban J connectivity index is 3.09. The lowest BCUT2D eigenvalue weighted by atomic mass is 10.1. The summed E-state index contributed by atoms with van der Waals surface area (Å²) in [6.07, 6.45) is 1.27. The van der Waals surface area contributed by atoms with Crippen molar-refractivity contribution < 1.29 is 9.90 Å². The quantitative estimate of drug-likeness (QED) is 0.833. The number of anilines is 1. The number of nitriles is 1. The Bertz CT molecular complexity index is 492. The van der Waals surface area contributed by atoms with Gasteiger partial charge in [-0.2, -0.15) is 5.26 Å². The predicted molar refractivity (Wildman–Crippen MR) is 68.4 cm³/mol.